The zero-order valence-corrected chi connectivity index (χ0v) is 15.8. The zero-order chi connectivity index (χ0) is 20.3. The first kappa shape index (κ1) is 19.2. The van der Waals surface area contributed by atoms with Crippen molar-refractivity contribution in [2.45, 2.75) is 13.8 Å². The van der Waals surface area contributed by atoms with E-state index in [0.29, 0.717) is 22.4 Å². The Labute approximate surface area is 164 Å². The fraction of sp³-hybridized carbons (Fsp3) is 0.100. The lowest BCUT2D eigenvalue weighted by Gasteiger charge is -2.05. The Morgan fingerprint density at radius 1 is 1.36 bits per heavy atom. The lowest BCUT2D eigenvalue weighted by atomic mass is 10.0. The summed E-state index contributed by atoms with van der Waals surface area (Å²) >= 11 is 1.10. The van der Waals surface area contributed by atoms with Gasteiger partial charge in [0.15, 0.2) is 10.9 Å². The third-order valence-electron chi connectivity index (χ3n) is 3.92. The van der Waals surface area contributed by atoms with Crippen molar-refractivity contribution in [1.82, 2.24) is 9.97 Å². The van der Waals surface area contributed by atoms with Gasteiger partial charge in [0, 0.05) is 11.6 Å². The van der Waals surface area contributed by atoms with E-state index in [2.05, 4.69) is 15.3 Å². The lowest BCUT2D eigenvalue weighted by Crippen LogP contribution is -2.13. The number of hydrogen-bond acceptors (Lipinski definition) is 6. The molecule has 0 fully saturated rings. The van der Waals surface area contributed by atoms with E-state index in [4.69, 9.17) is 0 Å². The average molecular weight is 394 g/mol. The first-order valence-corrected chi connectivity index (χ1v) is 9.06. The second kappa shape index (κ2) is 7.98. The summed E-state index contributed by atoms with van der Waals surface area (Å²) in [6, 6.07) is 7.97. The molecule has 0 saturated carbocycles. The molecule has 2 aromatic heterocycles. The van der Waals surface area contributed by atoms with Gasteiger partial charge < -0.3 is 5.11 Å². The number of hydrogen-bond donors (Lipinski definition) is 2. The number of nitrogens with zero attached hydrogens (tertiary/aromatic N) is 3. The summed E-state index contributed by atoms with van der Waals surface area (Å²) in [5, 5.41) is 23.5. The minimum atomic E-state index is -0.631. The van der Waals surface area contributed by atoms with Crippen LogP contribution in [0.2, 0.25) is 0 Å². The van der Waals surface area contributed by atoms with Crippen LogP contribution in [0.3, 0.4) is 0 Å². The Kier molecular flexibility index (Phi) is 5.47. The topological polar surface area (TPSA) is 98.9 Å². The van der Waals surface area contributed by atoms with E-state index < -0.39 is 11.7 Å². The number of amides is 1. The van der Waals surface area contributed by atoms with E-state index in [1.807, 2.05) is 6.07 Å². The van der Waals surface area contributed by atoms with Crippen LogP contribution in [0, 0.1) is 31.0 Å². The summed E-state index contributed by atoms with van der Waals surface area (Å²) in [6.45, 7) is 3.47. The number of nitrogens with one attached hydrogen (secondary N) is 1. The number of anilines is 1. The number of aryl methyl sites for hydroxylation is 2. The van der Waals surface area contributed by atoms with E-state index in [9.17, 15) is 19.6 Å². The number of rotatable bonds is 4. The quantitative estimate of drug-likeness (QED) is 0.510. The van der Waals surface area contributed by atoms with Crippen LogP contribution in [0.1, 0.15) is 16.7 Å². The maximum absolute atomic E-state index is 13.8. The number of aromatic nitrogens is 2. The third-order valence-corrected chi connectivity index (χ3v) is 4.67. The number of phenolic OH excluding ortho intramolecular Hbond substituents is 1. The largest absolute Gasteiger partial charge is 0.507 e. The average Bonchev–Trinajstić information content (AvgIpc) is 3.12. The minimum Gasteiger partial charge on any atom is -0.507 e. The Morgan fingerprint density at radius 2 is 2.07 bits per heavy atom. The van der Waals surface area contributed by atoms with Crippen molar-refractivity contribution in [2.75, 3.05) is 5.32 Å². The fourth-order valence-corrected chi connectivity index (χ4v) is 3.26. The highest BCUT2D eigenvalue weighted by Crippen LogP contribution is 2.26. The van der Waals surface area contributed by atoms with Crippen LogP contribution in [0.5, 0.6) is 5.75 Å². The molecule has 3 rings (SSSR count). The monoisotopic (exact) mass is 394 g/mol. The van der Waals surface area contributed by atoms with Crippen molar-refractivity contribution >= 4 is 28.5 Å². The van der Waals surface area contributed by atoms with Crippen LogP contribution in [-0.2, 0) is 4.79 Å². The first-order valence-electron chi connectivity index (χ1n) is 8.19. The highest BCUT2D eigenvalue weighted by molar-refractivity contribution is 7.14. The molecule has 0 aliphatic heterocycles. The number of phenols is 1. The van der Waals surface area contributed by atoms with Crippen molar-refractivity contribution in [1.29, 1.82) is 5.26 Å². The van der Waals surface area contributed by atoms with E-state index in [1.54, 1.807) is 31.4 Å². The van der Waals surface area contributed by atoms with E-state index in [0.717, 1.165) is 11.3 Å². The van der Waals surface area contributed by atoms with Gasteiger partial charge in [-0.1, -0.05) is 0 Å². The second-order valence-electron chi connectivity index (χ2n) is 6.00. The zero-order valence-electron chi connectivity index (χ0n) is 15.0. The van der Waals surface area contributed by atoms with Gasteiger partial charge in [0.2, 0.25) is 0 Å². The number of carbonyl (C=O) groups excluding carboxylic acids is 1. The molecule has 0 aliphatic rings. The standard InChI is InChI=1S/C20H15FN4O2S/c1-11-6-13(7-12(2)18(11)26)8-14(9-22)19(27)25-20-24-16(10-28-20)17-15(21)4-3-5-23-17/h3-8,10,26H,1-2H3,(H,24,25,27)/b14-8+. The van der Waals surface area contributed by atoms with Crippen LogP contribution in [0.15, 0.2) is 41.4 Å². The molecule has 0 saturated heterocycles. The molecule has 0 spiro atoms. The van der Waals surface area contributed by atoms with Gasteiger partial charge in [-0.25, -0.2) is 9.37 Å². The van der Waals surface area contributed by atoms with E-state index in [-0.39, 0.29) is 22.1 Å². The molecule has 0 unspecified atom stereocenters. The molecule has 0 radical (unpaired) electrons. The summed E-state index contributed by atoms with van der Waals surface area (Å²) in [5.74, 6) is -0.966. The number of pyridine rings is 1. The van der Waals surface area contributed by atoms with Gasteiger partial charge in [0.05, 0.1) is 0 Å². The second-order valence-corrected chi connectivity index (χ2v) is 6.86. The summed E-state index contributed by atoms with van der Waals surface area (Å²) in [7, 11) is 0. The number of thiazole rings is 1. The maximum atomic E-state index is 13.8. The van der Waals surface area contributed by atoms with Gasteiger partial charge in [0.25, 0.3) is 5.91 Å². The minimum absolute atomic E-state index is 0.0883. The van der Waals surface area contributed by atoms with Gasteiger partial charge in [-0.2, -0.15) is 5.26 Å². The van der Waals surface area contributed by atoms with Crippen LogP contribution in [-0.4, -0.2) is 21.0 Å². The van der Waals surface area contributed by atoms with Crippen molar-refractivity contribution in [3.05, 3.63) is 63.9 Å². The smallest absolute Gasteiger partial charge is 0.268 e. The number of benzene rings is 1. The van der Waals surface area contributed by atoms with E-state index >= 15 is 0 Å². The van der Waals surface area contributed by atoms with Gasteiger partial charge in [0.1, 0.15) is 28.8 Å². The number of carbonyl (C=O) groups is 1. The van der Waals surface area contributed by atoms with Crippen molar-refractivity contribution in [3.63, 3.8) is 0 Å². The molecule has 1 aromatic carbocycles. The molecule has 0 aliphatic carbocycles. The van der Waals surface area contributed by atoms with Crippen LogP contribution in [0.25, 0.3) is 17.5 Å². The lowest BCUT2D eigenvalue weighted by molar-refractivity contribution is -0.112. The molecular formula is C20H15FN4O2S. The Morgan fingerprint density at radius 3 is 2.71 bits per heavy atom. The Bertz CT molecular complexity index is 1110. The van der Waals surface area contributed by atoms with Gasteiger partial charge in [-0.15, -0.1) is 11.3 Å². The molecule has 3 aromatic rings. The Balaban J connectivity index is 1.82. The first-order chi connectivity index (χ1) is 13.4. The molecule has 0 atom stereocenters. The maximum Gasteiger partial charge on any atom is 0.268 e. The van der Waals surface area contributed by atoms with Gasteiger partial charge in [-0.3, -0.25) is 15.1 Å². The molecule has 2 N–H and O–H groups in total. The SMILES string of the molecule is Cc1cc(/C=C(\C#N)C(=O)Nc2nc(-c3ncccc3F)cs2)cc(C)c1O. The van der Waals surface area contributed by atoms with Crippen LogP contribution >= 0.6 is 11.3 Å². The normalized spacial score (nSPS) is 11.1. The highest BCUT2D eigenvalue weighted by atomic mass is 32.1. The van der Waals surface area contributed by atoms with Gasteiger partial charge in [-0.05, 0) is 60.9 Å². The molecule has 28 heavy (non-hydrogen) atoms. The number of nitriles is 1. The predicted molar refractivity (Wildman–Crippen MR) is 105 cm³/mol. The molecular weight excluding hydrogens is 379 g/mol. The number of halogens is 1. The summed E-state index contributed by atoms with van der Waals surface area (Å²) in [5.41, 5.74) is 2.17. The summed E-state index contributed by atoms with van der Waals surface area (Å²) in [6.07, 6.45) is 2.88. The molecule has 8 heteroatoms. The molecule has 6 nitrogen and oxygen atoms in total. The van der Waals surface area contributed by atoms with E-state index in [1.165, 1.54) is 24.4 Å². The van der Waals surface area contributed by atoms with Crippen molar-refractivity contribution < 1.29 is 14.3 Å². The highest BCUT2D eigenvalue weighted by Gasteiger charge is 2.15. The summed E-state index contributed by atoms with van der Waals surface area (Å²) in [4.78, 5) is 20.5. The van der Waals surface area contributed by atoms with Crippen molar-refractivity contribution in [2.24, 2.45) is 0 Å². The molecule has 1 amide bonds. The van der Waals surface area contributed by atoms with Crippen LogP contribution in [0.4, 0.5) is 9.52 Å². The molecule has 140 valence electrons. The van der Waals surface area contributed by atoms with Crippen molar-refractivity contribution in [3.8, 4) is 23.2 Å². The summed E-state index contributed by atoms with van der Waals surface area (Å²) < 4.78 is 13.8. The molecule has 2 heterocycles. The fourth-order valence-electron chi connectivity index (χ4n) is 2.57. The number of aromatic hydroxyl groups is 1. The van der Waals surface area contributed by atoms with Gasteiger partial charge >= 0.3 is 0 Å². The Hall–Kier alpha value is -3.57. The third kappa shape index (κ3) is 4.05. The predicted octanol–water partition coefficient (Wildman–Crippen LogP) is 4.21. The van der Waals surface area contributed by atoms with Crippen LogP contribution < -0.4 is 5.32 Å². The molecule has 0 bridgehead atoms.